The number of rotatable bonds is 4. The van der Waals surface area contributed by atoms with Crippen LogP contribution in [0.5, 0.6) is 5.75 Å². The average Bonchev–Trinajstić information content (AvgIpc) is 3.31. The fourth-order valence-corrected chi connectivity index (χ4v) is 3.44. The zero-order valence-electron chi connectivity index (χ0n) is 16.8. The van der Waals surface area contributed by atoms with Crippen molar-refractivity contribution in [3.05, 3.63) is 59.4 Å². The zero-order chi connectivity index (χ0) is 22.1. The summed E-state index contributed by atoms with van der Waals surface area (Å²) >= 11 is 0. The van der Waals surface area contributed by atoms with Crippen LogP contribution in [0.2, 0.25) is 0 Å². The van der Waals surface area contributed by atoms with Gasteiger partial charge in [-0.1, -0.05) is 0 Å². The lowest BCUT2D eigenvalue weighted by Crippen LogP contribution is -2.49. The van der Waals surface area contributed by atoms with E-state index in [9.17, 15) is 18.0 Å². The highest BCUT2D eigenvalue weighted by Gasteiger charge is 2.29. The highest BCUT2D eigenvalue weighted by atomic mass is 19.2. The molecule has 162 valence electrons. The third kappa shape index (κ3) is 3.90. The molecule has 2 aromatic heterocycles. The molecular weight excluding hydrogens is 413 g/mol. The standard InChI is InChI=1S/C20H19F3N6O2/c1-12-25-15(11-16(26-12)29-5-3-4-24-29)27-6-8-28(9-7-27)20(30)13-10-14(21)18(23)19(31-2)17(13)22/h3-5,10-11H,6-9H2,1-2H3. The van der Waals surface area contributed by atoms with E-state index in [-0.39, 0.29) is 13.1 Å². The van der Waals surface area contributed by atoms with Crippen molar-refractivity contribution >= 4 is 11.7 Å². The van der Waals surface area contributed by atoms with Gasteiger partial charge in [0, 0.05) is 44.6 Å². The number of aryl methyl sites for hydroxylation is 1. The van der Waals surface area contributed by atoms with Crippen LogP contribution in [-0.2, 0) is 0 Å². The highest BCUT2D eigenvalue weighted by Crippen LogP contribution is 2.28. The first-order valence-electron chi connectivity index (χ1n) is 9.50. The van der Waals surface area contributed by atoms with Gasteiger partial charge in [-0.15, -0.1) is 0 Å². The molecule has 1 aliphatic heterocycles. The lowest BCUT2D eigenvalue weighted by Gasteiger charge is -2.35. The van der Waals surface area contributed by atoms with E-state index in [1.807, 2.05) is 4.90 Å². The van der Waals surface area contributed by atoms with Crippen LogP contribution in [0.4, 0.5) is 19.0 Å². The molecule has 8 nitrogen and oxygen atoms in total. The number of halogens is 3. The Morgan fingerprint density at radius 1 is 1.03 bits per heavy atom. The number of anilines is 1. The summed E-state index contributed by atoms with van der Waals surface area (Å²) in [4.78, 5) is 24.9. The van der Waals surface area contributed by atoms with Crippen molar-refractivity contribution in [2.24, 2.45) is 0 Å². The monoisotopic (exact) mass is 432 g/mol. The second kappa shape index (κ2) is 8.25. The molecule has 3 heterocycles. The summed E-state index contributed by atoms with van der Waals surface area (Å²) in [5.74, 6) is -3.82. The number of aromatic nitrogens is 4. The van der Waals surface area contributed by atoms with Gasteiger partial charge in [0.15, 0.2) is 23.2 Å². The van der Waals surface area contributed by atoms with Gasteiger partial charge < -0.3 is 14.5 Å². The van der Waals surface area contributed by atoms with Gasteiger partial charge in [-0.05, 0) is 19.1 Å². The Labute approximate surface area is 175 Å². The molecule has 1 aliphatic rings. The Hall–Kier alpha value is -3.63. The van der Waals surface area contributed by atoms with Crippen LogP contribution in [0, 0.1) is 24.4 Å². The maximum atomic E-state index is 14.5. The molecule has 1 amide bonds. The first-order chi connectivity index (χ1) is 14.9. The molecule has 1 saturated heterocycles. The van der Waals surface area contributed by atoms with Crippen LogP contribution in [0.1, 0.15) is 16.2 Å². The van der Waals surface area contributed by atoms with E-state index < -0.39 is 34.7 Å². The topological polar surface area (TPSA) is 76.4 Å². The van der Waals surface area contributed by atoms with Crippen molar-refractivity contribution in [1.29, 1.82) is 0 Å². The van der Waals surface area contributed by atoms with E-state index in [0.29, 0.717) is 36.6 Å². The van der Waals surface area contributed by atoms with Gasteiger partial charge in [0.05, 0.1) is 12.7 Å². The predicted octanol–water partition coefficient (Wildman–Crippen LogP) is 2.36. The maximum Gasteiger partial charge on any atom is 0.257 e. The van der Waals surface area contributed by atoms with Crippen molar-refractivity contribution in [3.8, 4) is 11.6 Å². The molecule has 0 atom stereocenters. The Balaban J connectivity index is 1.51. The van der Waals surface area contributed by atoms with Crippen molar-refractivity contribution in [1.82, 2.24) is 24.6 Å². The first-order valence-corrected chi connectivity index (χ1v) is 9.50. The Kier molecular flexibility index (Phi) is 5.49. The molecule has 0 bridgehead atoms. The molecule has 0 aliphatic carbocycles. The minimum atomic E-state index is -1.46. The van der Waals surface area contributed by atoms with Gasteiger partial charge in [0.25, 0.3) is 5.91 Å². The second-order valence-corrected chi connectivity index (χ2v) is 6.93. The summed E-state index contributed by atoms with van der Waals surface area (Å²) in [7, 11) is 1.01. The van der Waals surface area contributed by atoms with Crippen LogP contribution in [-0.4, -0.2) is 63.8 Å². The smallest absolute Gasteiger partial charge is 0.257 e. The van der Waals surface area contributed by atoms with Gasteiger partial charge in [0.2, 0.25) is 5.82 Å². The van der Waals surface area contributed by atoms with Crippen molar-refractivity contribution in [2.45, 2.75) is 6.92 Å². The number of methoxy groups -OCH3 is 1. The predicted molar refractivity (Wildman–Crippen MR) is 105 cm³/mol. The SMILES string of the molecule is COc1c(F)c(F)cc(C(=O)N2CCN(c3cc(-n4cccn4)nc(C)n3)CC2)c1F. The van der Waals surface area contributed by atoms with Crippen molar-refractivity contribution < 1.29 is 22.7 Å². The third-order valence-corrected chi connectivity index (χ3v) is 4.99. The lowest BCUT2D eigenvalue weighted by molar-refractivity contribution is 0.0740. The van der Waals surface area contributed by atoms with Gasteiger partial charge in [-0.25, -0.2) is 23.4 Å². The fraction of sp³-hybridized carbons (Fsp3) is 0.300. The number of benzene rings is 1. The van der Waals surface area contributed by atoms with Crippen molar-refractivity contribution in [2.75, 3.05) is 38.2 Å². The number of hydrogen-bond acceptors (Lipinski definition) is 6. The highest BCUT2D eigenvalue weighted by molar-refractivity contribution is 5.95. The number of amides is 1. The van der Waals surface area contributed by atoms with E-state index in [0.717, 1.165) is 7.11 Å². The van der Waals surface area contributed by atoms with Crippen LogP contribution < -0.4 is 9.64 Å². The molecule has 0 saturated carbocycles. The molecule has 31 heavy (non-hydrogen) atoms. The molecular formula is C20H19F3N6O2. The number of carbonyl (C=O) groups excluding carboxylic acids is 1. The summed E-state index contributed by atoms with van der Waals surface area (Å²) in [6.07, 6.45) is 3.42. The fourth-order valence-electron chi connectivity index (χ4n) is 3.44. The van der Waals surface area contributed by atoms with Gasteiger partial charge in [-0.2, -0.15) is 9.49 Å². The van der Waals surface area contributed by atoms with Crippen LogP contribution >= 0.6 is 0 Å². The zero-order valence-corrected chi connectivity index (χ0v) is 16.8. The molecule has 4 rings (SSSR count). The Morgan fingerprint density at radius 3 is 2.39 bits per heavy atom. The van der Waals surface area contributed by atoms with Gasteiger partial charge >= 0.3 is 0 Å². The molecule has 0 N–H and O–H groups in total. The largest absolute Gasteiger partial charge is 0.491 e. The average molecular weight is 432 g/mol. The molecule has 0 radical (unpaired) electrons. The number of carbonyl (C=O) groups is 1. The summed E-state index contributed by atoms with van der Waals surface area (Å²) < 4.78 is 48.1. The Bertz CT molecular complexity index is 1110. The van der Waals surface area contributed by atoms with Gasteiger partial charge in [0.1, 0.15) is 11.6 Å². The molecule has 3 aromatic rings. The van der Waals surface area contributed by atoms with E-state index in [1.54, 1.807) is 36.1 Å². The summed E-state index contributed by atoms with van der Waals surface area (Å²) in [5.41, 5.74) is -0.567. The number of ether oxygens (including phenoxy) is 1. The quantitative estimate of drug-likeness (QED) is 0.590. The van der Waals surface area contributed by atoms with Crippen LogP contribution in [0.25, 0.3) is 5.82 Å². The summed E-state index contributed by atoms with van der Waals surface area (Å²) in [6.45, 7) is 3.11. The second-order valence-electron chi connectivity index (χ2n) is 6.93. The molecule has 0 unspecified atom stereocenters. The van der Waals surface area contributed by atoms with E-state index in [1.165, 1.54) is 4.90 Å². The van der Waals surface area contributed by atoms with Gasteiger partial charge in [-0.3, -0.25) is 4.79 Å². The Morgan fingerprint density at radius 2 is 1.74 bits per heavy atom. The van der Waals surface area contributed by atoms with Crippen LogP contribution in [0.15, 0.2) is 30.6 Å². The minimum absolute atomic E-state index is 0.250. The molecule has 1 aromatic carbocycles. The first kappa shape index (κ1) is 20.6. The minimum Gasteiger partial charge on any atom is -0.491 e. The molecule has 1 fully saturated rings. The third-order valence-electron chi connectivity index (χ3n) is 4.99. The normalized spacial score (nSPS) is 14.1. The molecule has 0 spiro atoms. The number of hydrogen-bond donors (Lipinski definition) is 0. The maximum absolute atomic E-state index is 14.5. The summed E-state index contributed by atoms with van der Waals surface area (Å²) in [6, 6.07) is 4.14. The lowest BCUT2D eigenvalue weighted by atomic mass is 10.1. The van der Waals surface area contributed by atoms with Crippen LogP contribution in [0.3, 0.4) is 0 Å². The van der Waals surface area contributed by atoms with E-state index in [2.05, 4.69) is 19.8 Å². The molecule has 11 heteroatoms. The summed E-state index contributed by atoms with van der Waals surface area (Å²) in [5, 5.41) is 4.17. The number of piperazine rings is 1. The number of nitrogens with zero attached hydrogens (tertiary/aromatic N) is 6. The van der Waals surface area contributed by atoms with E-state index in [4.69, 9.17) is 0 Å². The van der Waals surface area contributed by atoms with E-state index >= 15 is 0 Å². The van der Waals surface area contributed by atoms with Crippen molar-refractivity contribution in [3.63, 3.8) is 0 Å².